The Labute approximate surface area is 121 Å². The van der Waals surface area contributed by atoms with E-state index in [2.05, 4.69) is 10.6 Å². The standard InChI is InChI=1S/C14H19F3N2O2/c1-9-4-5-11(14(15,16)17)6-12(9)18-7-13(20)19-10(2)8-21-3/h4-6,10,18H,7-8H2,1-3H3,(H,19,20). The van der Waals surface area contributed by atoms with E-state index < -0.39 is 11.7 Å². The molecule has 118 valence electrons. The molecule has 0 radical (unpaired) electrons. The van der Waals surface area contributed by atoms with Crippen LogP contribution in [0.1, 0.15) is 18.1 Å². The van der Waals surface area contributed by atoms with E-state index in [-0.39, 0.29) is 18.5 Å². The highest BCUT2D eigenvalue weighted by Gasteiger charge is 2.30. The van der Waals surface area contributed by atoms with Crippen LogP contribution < -0.4 is 10.6 Å². The molecule has 21 heavy (non-hydrogen) atoms. The molecule has 1 aromatic carbocycles. The third-order valence-electron chi connectivity index (χ3n) is 2.83. The van der Waals surface area contributed by atoms with Crippen molar-refractivity contribution >= 4 is 11.6 Å². The van der Waals surface area contributed by atoms with Crippen molar-refractivity contribution in [1.29, 1.82) is 0 Å². The van der Waals surface area contributed by atoms with Crippen LogP contribution in [-0.2, 0) is 15.7 Å². The lowest BCUT2D eigenvalue weighted by molar-refractivity contribution is -0.137. The maximum Gasteiger partial charge on any atom is 0.416 e. The Balaban J connectivity index is 2.65. The second-order valence-electron chi connectivity index (χ2n) is 4.80. The van der Waals surface area contributed by atoms with Gasteiger partial charge < -0.3 is 15.4 Å². The van der Waals surface area contributed by atoms with E-state index in [0.717, 1.165) is 12.1 Å². The summed E-state index contributed by atoms with van der Waals surface area (Å²) in [7, 11) is 1.52. The van der Waals surface area contributed by atoms with Gasteiger partial charge in [0.15, 0.2) is 0 Å². The molecule has 0 aromatic heterocycles. The number of rotatable bonds is 6. The monoisotopic (exact) mass is 304 g/mol. The van der Waals surface area contributed by atoms with Crippen molar-refractivity contribution in [2.45, 2.75) is 26.1 Å². The maximum absolute atomic E-state index is 12.6. The fourth-order valence-corrected chi connectivity index (χ4v) is 1.78. The highest BCUT2D eigenvalue weighted by atomic mass is 19.4. The first-order valence-corrected chi connectivity index (χ1v) is 6.44. The number of aryl methyl sites for hydroxylation is 1. The van der Waals surface area contributed by atoms with Gasteiger partial charge in [0.05, 0.1) is 18.7 Å². The Morgan fingerprint density at radius 2 is 2.05 bits per heavy atom. The summed E-state index contributed by atoms with van der Waals surface area (Å²) in [6.07, 6.45) is -4.40. The SMILES string of the molecule is COCC(C)NC(=O)CNc1cc(C(F)(F)F)ccc1C. The topological polar surface area (TPSA) is 50.4 Å². The van der Waals surface area contributed by atoms with Gasteiger partial charge in [-0.25, -0.2) is 0 Å². The molecular formula is C14H19F3N2O2. The minimum Gasteiger partial charge on any atom is -0.383 e. The highest BCUT2D eigenvalue weighted by Crippen LogP contribution is 2.31. The summed E-state index contributed by atoms with van der Waals surface area (Å²) < 4.78 is 42.8. The third-order valence-corrected chi connectivity index (χ3v) is 2.83. The van der Waals surface area contributed by atoms with Crippen molar-refractivity contribution < 1.29 is 22.7 Å². The zero-order valence-electron chi connectivity index (χ0n) is 12.2. The van der Waals surface area contributed by atoms with Crippen molar-refractivity contribution in [2.75, 3.05) is 25.6 Å². The molecule has 0 aliphatic carbocycles. The van der Waals surface area contributed by atoms with Gasteiger partial charge in [0, 0.05) is 18.8 Å². The Morgan fingerprint density at radius 1 is 1.38 bits per heavy atom. The molecule has 1 unspecified atom stereocenters. The van der Waals surface area contributed by atoms with Crippen LogP contribution in [0.2, 0.25) is 0 Å². The molecule has 1 rings (SSSR count). The van der Waals surface area contributed by atoms with E-state index in [0.29, 0.717) is 17.9 Å². The predicted octanol–water partition coefficient (Wildman–Crippen LogP) is 2.58. The largest absolute Gasteiger partial charge is 0.416 e. The van der Waals surface area contributed by atoms with Gasteiger partial charge in [-0.15, -0.1) is 0 Å². The first-order chi connectivity index (χ1) is 9.74. The minimum absolute atomic E-state index is 0.101. The normalized spacial score (nSPS) is 12.9. The van der Waals surface area contributed by atoms with Crippen LogP contribution in [0.15, 0.2) is 18.2 Å². The lowest BCUT2D eigenvalue weighted by Crippen LogP contribution is -2.39. The number of hydrogen-bond acceptors (Lipinski definition) is 3. The zero-order chi connectivity index (χ0) is 16.0. The maximum atomic E-state index is 12.6. The number of benzene rings is 1. The second-order valence-corrected chi connectivity index (χ2v) is 4.80. The van der Waals surface area contributed by atoms with Crippen LogP contribution >= 0.6 is 0 Å². The minimum atomic E-state index is -4.40. The first kappa shape index (κ1) is 17.3. The van der Waals surface area contributed by atoms with Crippen molar-refractivity contribution in [3.8, 4) is 0 Å². The molecule has 0 fully saturated rings. The summed E-state index contributed by atoms with van der Waals surface area (Å²) in [5.74, 6) is -0.309. The molecule has 1 atom stereocenters. The van der Waals surface area contributed by atoms with Crippen molar-refractivity contribution in [3.05, 3.63) is 29.3 Å². The number of halogens is 3. The number of amides is 1. The quantitative estimate of drug-likeness (QED) is 0.849. The number of alkyl halides is 3. The molecular weight excluding hydrogens is 285 g/mol. The highest BCUT2D eigenvalue weighted by molar-refractivity contribution is 5.81. The molecule has 4 nitrogen and oxygen atoms in total. The van der Waals surface area contributed by atoms with E-state index in [1.165, 1.54) is 13.2 Å². The molecule has 2 N–H and O–H groups in total. The molecule has 7 heteroatoms. The van der Waals surface area contributed by atoms with E-state index in [1.54, 1.807) is 13.8 Å². The van der Waals surface area contributed by atoms with Gasteiger partial charge in [0.1, 0.15) is 0 Å². The van der Waals surface area contributed by atoms with Crippen LogP contribution in [0.4, 0.5) is 18.9 Å². The average Bonchev–Trinajstić information content (AvgIpc) is 2.36. The lowest BCUT2D eigenvalue weighted by atomic mass is 10.1. The molecule has 1 amide bonds. The Morgan fingerprint density at radius 3 is 2.62 bits per heavy atom. The summed E-state index contributed by atoms with van der Waals surface area (Å²) in [6, 6.07) is 3.23. The van der Waals surface area contributed by atoms with E-state index >= 15 is 0 Å². The van der Waals surface area contributed by atoms with Crippen molar-refractivity contribution in [3.63, 3.8) is 0 Å². The second kappa shape index (κ2) is 7.31. The summed E-state index contributed by atoms with van der Waals surface area (Å²) in [5, 5.41) is 5.39. The Hall–Kier alpha value is -1.76. The number of anilines is 1. The zero-order valence-corrected chi connectivity index (χ0v) is 12.2. The number of ether oxygens (including phenoxy) is 1. The summed E-state index contributed by atoms with van der Waals surface area (Å²) in [6.45, 7) is 3.72. The molecule has 0 heterocycles. The van der Waals surface area contributed by atoms with Gasteiger partial charge in [-0.2, -0.15) is 13.2 Å². The van der Waals surface area contributed by atoms with Gasteiger partial charge in [0.25, 0.3) is 0 Å². The van der Waals surface area contributed by atoms with Crippen molar-refractivity contribution in [1.82, 2.24) is 5.32 Å². The van der Waals surface area contributed by atoms with Crippen LogP contribution in [0.3, 0.4) is 0 Å². The average molecular weight is 304 g/mol. The molecule has 0 aliphatic heterocycles. The van der Waals surface area contributed by atoms with Crippen LogP contribution in [0.5, 0.6) is 0 Å². The van der Waals surface area contributed by atoms with E-state index in [4.69, 9.17) is 4.74 Å². The molecule has 0 saturated carbocycles. The summed E-state index contributed by atoms with van der Waals surface area (Å²) >= 11 is 0. The van der Waals surface area contributed by atoms with Crippen LogP contribution in [-0.4, -0.2) is 32.2 Å². The molecule has 1 aromatic rings. The van der Waals surface area contributed by atoms with Gasteiger partial charge in [-0.1, -0.05) is 6.07 Å². The van der Waals surface area contributed by atoms with E-state index in [1.807, 2.05) is 0 Å². The fourth-order valence-electron chi connectivity index (χ4n) is 1.78. The van der Waals surface area contributed by atoms with Gasteiger partial charge in [-0.3, -0.25) is 4.79 Å². The number of methoxy groups -OCH3 is 1. The molecule has 0 spiro atoms. The Bertz CT molecular complexity index is 490. The molecule has 0 saturated heterocycles. The smallest absolute Gasteiger partial charge is 0.383 e. The van der Waals surface area contributed by atoms with Gasteiger partial charge in [-0.05, 0) is 31.5 Å². The van der Waals surface area contributed by atoms with Crippen LogP contribution in [0, 0.1) is 6.92 Å². The first-order valence-electron chi connectivity index (χ1n) is 6.44. The number of carbonyl (C=O) groups is 1. The molecule has 0 bridgehead atoms. The summed E-state index contributed by atoms with van der Waals surface area (Å²) in [4.78, 5) is 11.6. The van der Waals surface area contributed by atoms with E-state index in [9.17, 15) is 18.0 Å². The fraction of sp³-hybridized carbons (Fsp3) is 0.500. The van der Waals surface area contributed by atoms with Crippen molar-refractivity contribution in [2.24, 2.45) is 0 Å². The molecule has 0 aliphatic rings. The van der Waals surface area contributed by atoms with Gasteiger partial charge in [0.2, 0.25) is 5.91 Å². The van der Waals surface area contributed by atoms with Gasteiger partial charge >= 0.3 is 6.18 Å². The van der Waals surface area contributed by atoms with Crippen LogP contribution in [0.25, 0.3) is 0 Å². The lowest BCUT2D eigenvalue weighted by Gasteiger charge is -2.15. The summed E-state index contributed by atoms with van der Waals surface area (Å²) in [5.41, 5.74) is 0.184. The number of nitrogens with one attached hydrogen (secondary N) is 2. The third kappa shape index (κ3) is 5.63. The number of carbonyl (C=O) groups excluding carboxylic acids is 1. The number of hydrogen-bond donors (Lipinski definition) is 2. The Kier molecular flexibility index (Phi) is 6.02. The predicted molar refractivity (Wildman–Crippen MR) is 74.2 cm³/mol.